The zero-order valence-electron chi connectivity index (χ0n) is 13.0. The van der Waals surface area contributed by atoms with Gasteiger partial charge in [-0.2, -0.15) is 12.7 Å². The fourth-order valence-corrected chi connectivity index (χ4v) is 3.28. The van der Waals surface area contributed by atoms with Crippen LogP contribution >= 0.6 is 0 Å². The van der Waals surface area contributed by atoms with Gasteiger partial charge < -0.3 is 5.73 Å². The van der Waals surface area contributed by atoms with Gasteiger partial charge in [0.25, 0.3) is 0 Å². The lowest BCUT2D eigenvalue weighted by molar-refractivity contribution is 0.0962. The van der Waals surface area contributed by atoms with Crippen LogP contribution < -0.4 is 10.5 Å². The number of Topliss-reactive ketones (excluding diaryl/α,β-unsaturated/α-hetero) is 1. The summed E-state index contributed by atoms with van der Waals surface area (Å²) < 4.78 is 27.2. The lowest BCUT2D eigenvalue weighted by Crippen LogP contribution is -2.29. The second-order valence-corrected chi connectivity index (χ2v) is 7.85. The molecule has 1 aromatic rings. The van der Waals surface area contributed by atoms with Crippen LogP contribution in [-0.2, 0) is 10.2 Å². The van der Waals surface area contributed by atoms with Gasteiger partial charge in [-0.25, -0.2) is 0 Å². The van der Waals surface area contributed by atoms with E-state index in [-0.39, 0.29) is 11.5 Å². The van der Waals surface area contributed by atoms with Gasteiger partial charge in [0.2, 0.25) is 0 Å². The van der Waals surface area contributed by atoms with Gasteiger partial charge in [0.05, 0.1) is 11.4 Å². The summed E-state index contributed by atoms with van der Waals surface area (Å²) in [6.07, 6.45) is 5.09. The molecule has 1 saturated carbocycles. The maximum Gasteiger partial charge on any atom is 0.301 e. The normalized spacial score (nSPS) is 16.1. The first-order chi connectivity index (χ1) is 10.3. The van der Waals surface area contributed by atoms with E-state index in [1.54, 1.807) is 12.1 Å². The molecule has 122 valence electrons. The van der Waals surface area contributed by atoms with Gasteiger partial charge in [-0.05, 0) is 24.1 Å². The Hall–Kier alpha value is -1.60. The summed E-state index contributed by atoms with van der Waals surface area (Å²) in [7, 11) is -0.798. The number of hydrogen-bond donors (Lipinski definition) is 2. The van der Waals surface area contributed by atoms with Crippen LogP contribution in [-0.4, -0.2) is 32.6 Å². The van der Waals surface area contributed by atoms with E-state index in [0.717, 1.165) is 17.1 Å². The van der Waals surface area contributed by atoms with Crippen LogP contribution in [0.4, 0.5) is 11.4 Å². The van der Waals surface area contributed by atoms with Crippen molar-refractivity contribution in [1.82, 2.24) is 4.31 Å². The number of carbonyl (C=O) groups is 1. The van der Waals surface area contributed by atoms with Crippen LogP contribution in [0.2, 0.25) is 0 Å². The smallest absolute Gasteiger partial charge is 0.301 e. The van der Waals surface area contributed by atoms with Crippen molar-refractivity contribution in [2.45, 2.75) is 32.1 Å². The average molecular weight is 325 g/mol. The number of nitrogens with two attached hydrogens (primary N) is 1. The van der Waals surface area contributed by atoms with Crippen LogP contribution in [0.3, 0.4) is 0 Å². The first-order valence-corrected chi connectivity index (χ1v) is 8.86. The third-order valence-electron chi connectivity index (χ3n) is 4.04. The summed E-state index contributed by atoms with van der Waals surface area (Å²) in [5, 5.41) is 0. The van der Waals surface area contributed by atoms with Crippen molar-refractivity contribution in [3.8, 4) is 0 Å². The number of nitrogen functional groups attached to an aromatic ring is 1. The molecular formula is C15H23N3O3S. The Kier molecular flexibility index (Phi) is 5.08. The highest BCUT2D eigenvalue weighted by atomic mass is 32.2. The van der Waals surface area contributed by atoms with E-state index in [0.29, 0.717) is 23.6 Å². The Labute approximate surface area is 131 Å². The number of anilines is 2. The summed E-state index contributed by atoms with van der Waals surface area (Å²) in [6, 6.07) is 4.74. The van der Waals surface area contributed by atoms with Crippen molar-refractivity contribution >= 4 is 27.4 Å². The summed E-state index contributed by atoms with van der Waals surface area (Å²) in [6.45, 7) is 0. The van der Waals surface area contributed by atoms with Crippen molar-refractivity contribution < 1.29 is 13.2 Å². The van der Waals surface area contributed by atoms with Crippen molar-refractivity contribution in [2.75, 3.05) is 24.6 Å². The van der Waals surface area contributed by atoms with Gasteiger partial charge in [0.1, 0.15) is 0 Å². The molecule has 0 aromatic heterocycles. The van der Waals surface area contributed by atoms with Crippen molar-refractivity contribution in [1.29, 1.82) is 0 Å². The first-order valence-electron chi connectivity index (χ1n) is 7.42. The second kappa shape index (κ2) is 6.66. The zero-order valence-corrected chi connectivity index (χ0v) is 13.8. The monoisotopic (exact) mass is 325 g/mol. The minimum atomic E-state index is -3.65. The average Bonchev–Trinajstić information content (AvgIpc) is 2.93. The van der Waals surface area contributed by atoms with Crippen LogP contribution in [0.5, 0.6) is 0 Å². The van der Waals surface area contributed by atoms with Crippen LogP contribution in [0, 0.1) is 5.92 Å². The minimum absolute atomic E-state index is 0.0391. The number of nitrogens with one attached hydrogen (secondary N) is 1. The fraction of sp³-hybridized carbons (Fsp3) is 0.533. The molecule has 1 fully saturated rings. The number of ketones is 1. The number of rotatable bonds is 6. The third-order valence-corrected chi connectivity index (χ3v) is 5.48. The molecule has 3 N–H and O–H groups in total. The molecule has 7 heteroatoms. The molecule has 6 nitrogen and oxygen atoms in total. The standard InChI is InChI=1S/C15H23N3O3S/c1-18(2)22(20,21)17-14-10-12(7-8-13(14)16)15(19)9-11-5-3-4-6-11/h7-8,10-11,17H,3-6,9,16H2,1-2H3. The topological polar surface area (TPSA) is 92.5 Å². The van der Waals surface area contributed by atoms with Gasteiger partial charge in [0.15, 0.2) is 5.78 Å². The zero-order chi connectivity index (χ0) is 16.3. The Bertz CT molecular complexity index is 650. The molecular weight excluding hydrogens is 302 g/mol. The summed E-state index contributed by atoms with van der Waals surface area (Å²) >= 11 is 0. The number of carbonyl (C=O) groups excluding carboxylic acids is 1. The molecule has 0 aliphatic heterocycles. The van der Waals surface area contributed by atoms with Crippen LogP contribution in [0.25, 0.3) is 0 Å². The number of hydrogen-bond acceptors (Lipinski definition) is 4. The lowest BCUT2D eigenvalue weighted by atomic mass is 9.96. The van der Waals surface area contributed by atoms with Crippen molar-refractivity contribution in [3.05, 3.63) is 23.8 Å². The molecule has 0 saturated heterocycles. The molecule has 2 rings (SSSR count). The van der Waals surface area contributed by atoms with Gasteiger partial charge in [-0.1, -0.05) is 25.7 Å². The second-order valence-electron chi connectivity index (χ2n) is 5.97. The highest BCUT2D eigenvalue weighted by Gasteiger charge is 2.21. The van der Waals surface area contributed by atoms with Gasteiger partial charge in [-0.3, -0.25) is 9.52 Å². The molecule has 22 heavy (non-hydrogen) atoms. The summed E-state index contributed by atoms with van der Waals surface area (Å²) in [5.41, 5.74) is 6.84. The summed E-state index contributed by atoms with van der Waals surface area (Å²) in [5.74, 6) is 0.490. The molecule has 0 unspecified atom stereocenters. The molecule has 1 aliphatic rings. The molecule has 0 spiro atoms. The Balaban J connectivity index is 2.17. The van der Waals surface area contributed by atoms with Gasteiger partial charge in [0, 0.05) is 26.1 Å². The third kappa shape index (κ3) is 3.98. The molecule has 0 bridgehead atoms. The molecule has 1 aliphatic carbocycles. The van der Waals surface area contributed by atoms with E-state index < -0.39 is 10.2 Å². The fourth-order valence-electron chi connectivity index (χ4n) is 2.64. The maximum absolute atomic E-state index is 12.3. The molecule has 1 aromatic carbocycles. The Morgan fingerprint density at radius 1 is 1.32 bits per heavy atom. The highest BCUT2D eigenvalue weighted by molar-refractivity contribution is 7.90. The van der Waals surface area contributed by atoms with E-state index in [4.69, 9.17) is 5.73 Å². The van der Waals surface area contributed by atoms with Crippen LogP contribution in [0.1, 0.15) is 42.5 Å². The van der Waals surface area contributed by atoms with E-state index in [2.05, 4.69) is 4.72 Å². The van der Waals surface area contributed by atoms with Crippen molar-refractivity contribution in [3.63, 3.8) is 0 Å². The summed E-state index contributed by atoms with van der Waals surface area (Å²) in [4.78, 5) is 12.3. The highest BCUT2D eigenvalue weighted by Crippen LogP contribution is 2.30. The van der Waals surface area contributed by atoms with Crippen molar-refractivity contribution in [2.24, 2.45) is 5.92 Å². The first kappa shape index (κ1) is 16.8. The number of benzene rings is 1. The SMILES string of the molecule is CN(C)S(=O)(=O)Nc1cc(C(=O)CC2CCCC2)ccc1N. The van der Waals surface area contributed by atoms with E-state index in [1.165, 1.54) is 33.0 Å². The van der Waals surface area contributed by atoms with E-state index in [9.17, 15) is 13.2 Å². The number of nitrogens with zero attached hydrogens (tertiary/aromatic N) is 1. The van der Waals surface area contributed by atoms with Gasteiger partial charge in [-0.15, -0.1) is 0 Å². The Morgan fingerprint density at radius 3 is 2.55 bits per heavy atom. The molecule has 0 radical (unpaired) electrons. The van der Waals surface area contributed by atoms with Crippen LogP contribution in [0.15, 0.2) is 18.2 Å². The maximum atomic E-state index is 12.3. The largest absolute Gasteiger partial charge is 0.397 e. The van der Waals surface area contributed by atoms with E-state index in [1.807, 2.05) is 0 Å². The Morgan fingerprint density at radius 2 is 1.95 bits per heavy atom. The minimum Gasteiger partial charge on any atom is -0.397 e. The predicted octanol–water partition coefficient (Wildman–Crippen LogP) is 2.25. The van der Waals surface area contributed by atoms with E-state index >= 15 is 0 Å². The molecule has 0 heterocycles. The lowest BCUT2D eigenvalue weighted by Gasteiger charge is -2.16. The quantitative estimate of drug-likeness (QED) is 0.620. The molecule has 0 atom stereocenters. The van der Waals surface area contributed by atoms with Gasteiger partial charge >= 0.3 is 10.2 Å². The molecule has 0 amide bonds. The predicted molar refractivity (Wildman–Crippen MR) is 88.0 cm³/mol.